The second-order valence-corrected chi connectivity index (χ2v) is 4.79. The highest BCUT2D eigenvalue weighted by atomic mass is 16.5. The molecule has 0 aromatic carbocycles. The zero-order chi connectivity index (χ0) is 15.2. The smallest absolute Gasteiger partial charge is 0.217 e. The minimum Gasteiger partial charge on any atom is -0.481 e. The lowest BCUT2D eigenvalue weighted by Crippen LogP contribution is -2.14. The molecule has 0 bridgehead atoms. The zero-order valence-corrected chi connectivity index (χ0v) is 12.3. The number of ether oxygens (including phenoxy) is 1. The third-order valence-corrected chi connectivity index (χ3v) is 3.34. The van der Waals surface area contributed by atoms with Crippen LogP contribution in [0, 0.1) is 0 Å². The van der Waals surface area contributed by atoms with Gasteiger partial charge < -0.3 is 10.1 Å². The maximum atomic E-state index is 5.25. The summed E-state index contributed by atoms with van der Waals surface area (Å²) in [7, 11) is 1.63. The van der Waals surface area contributed by atoms with E-state index in [1.165, 1.54) is 0 Å². The number of aromatic nitrogens is 4. The van der Waals surface area contributed by atoms with Crippen LogP contribution in [0.5, 0.6) is 5.88 Å². The standard InChI is InChI=1S/C16H17N5O/c1-22-16-13(5-3-7-19-16)9-18-10-14-11-20-21-15(14)12-4-2-6-17-8-12/h2-8,11,18H,9-10H2,1H3,(H,20,21). The predicted octanol–water partition coefficient (Wildman–Crippen LogP) is 2.17. The Balaban J connectivity index is 1.67. The number of hydrogen-bond donors (Lipinski definition) is 2. The van der Waals surface area contributed by atoms with Gasteiger partial charge in [-0.3, -0.25) is 10.1 Å². The number of aromatic amines is 1. The van der Waals surface area contributed by atoms with Crippen molar-refractivity contribution in [3.63, 3.8) is 0 Å². The van der Waals surface area contributed by atoms with Gasteiger partial charge in [0.2, 0.25) is 5.88 Å². The lowest BCUT2D eigenvalue weighted by molar-refractivity contribution is 0.390. The second kappa shape index (κ2) is 6.82. The van der Waals surface area contributed by atoms with Crippen molar-refractivity contribution in [2.45, 2.75) is 13.1 Å². The van der Waals surface area contributed by atoms with E-state index in [-0.39, 0.29) is 0 Å². The summed E-state index contributed by atoms with van der Waals surface area (Å²) in [6.07, 6.45) is 7.13. The van der Waals surface area contributed by atoms with Crippen LogP contribution in [-0.4, -0.2) is 27.3 Å². The highest BCUT2D eigenvalue weighted by Crippen LogP contribution is 2.20. The Hall–Kier alpha value is -2.73. The Labute approximate surface area is 128 Å². The topological polar surface area (TPSA) is 75.7 Å². The van der Waals surface area contributed by atoms with Crippen LogP contribution < -0.4 is 10.1 Å². The summed E-state index contributed by atoms with van der Waals surface area (Å²) in [5, 5.41) is 10.5. The fraction of sp³-hybridized carbons (Fsp3) is 0.188. The van der Waals surface area contributed by atoms with Gasteiger partial charge in [-0.15, -0.1) is 0 Å². The van der Waals surface area contributed by atoms with Gasteiger partial charge in [-0.1, -0.05) is 6.07 Å². The Morgan fingerprint density at radius 2 is 1.95 bits per heavy atom. The van der Waals surface area contributed by atoms with Crippen molar-refractivity contribution in [3.05, 3.63) is 60.2 Å². The van der Waals surface area contributed by atoms with E-state index >= 15 is 0 Å². The number of pyridine rings is 2. The first-order valence-corrected chi connectivity index (χ1v) is 6.99. The molecule has 0 saturated heterocycles. The third-order valence-electron chi connectivity index (χ3n) is 3.34. The summed E-state index contributed by atoms with van der Waals surface area (Å²) in [4.78, 5) is 8.33. The average molecular weight is 295 g/mol. The van der Waals surface area contributed by atoms with Gasteiger partial charge in [0, 0.05) is 48.4 Å². The van der Waals surface area contributed by atoms with Gasteiger partial charge in [-0.2, -0.15) is 5.10 Å². The van der Waals surface area contributed by atoms with E-state index in [0.717, 1.165) is 22.4 Å². The molecule has 3 heterocycles. The first-order chi connectivity index (χ1) is 10.9. The minimum absolute atomic E-state index is 0.648. The van der Waals surface area contributed by atoms with Gasteiger partial charge in [0.15, 0.2) is 0 Å². The van der Waals surface area contributed by atoms with Crippen LogP contribution in [0.25, 0.3) is 11.3 Å². The molecule has 22 heavy (non-hydrogen) atoms. The van der Waals surface area contributed by atoms with E-state index in [9.17, 15) is 0 Å². The summed E-state index contributed by atoms with van der Waals surface area (Å²) in [5.41, 5.74) is 4.13. The molecule has 3 aromatic heterocycles. The molecular formula is C16H17N5O. The molecule has 6 nitrogen and oxygen atoms in total. The fourth-order valence-corrected chi connectivity index (χ4v) is 2.28. The SMILES string of the molecule is COc1ncccc1CNCc1cn[nH]c1-c1cccnc1. The van der Waals surface area contributed by atoms with Crippen molar-refractivity contribution in [2.75, 3.05) is 7.11 Å². The zero-order valence-electron chi connectivity index (χ0n) is 12.3. The van der Waals surface area contributed by atoms with Crippen molar-refractivity contribution in [2.24, 2.45) is 0 Å². The molecule has 0 aliphatic carbocycles. The predicted molar refractivity (Wildman–Crippen MR) is 83.2 cm³/mol. The van der Waals surface area contributed by atoms with Gasteiger partial charge in [-0.05, 0) is 18.2 Å². The summed E-state index contributed by atoms with van der Waals surface area (Å²) in [6.45, 7) is 1.37. The van der Waals surface area contributed by atoms with Crippen molar-refractivity contribution >= 4 is 0 Å². The molecule has 112 valence electrons. The molecule has 3 rings (SSSR count). The molecule has 0 aliphatic rings. The monoisotopic (exact) mass is 295 g/mol. The molecular weight excluding hydrogens is 278 g/mol. The number of methoxy groups -OCH3 is 1. The molecule has 2 N–H and O–H groups in total. The van der Waals surface area contributed by atoms with E-state index in [0.29, 0.717) is 19.0 Å². The fourth-order valence-electron chi connectivity index (χ4n) is 2.28. The number of H-pyrrole nitrogens is 1. The lowest BCUT2D eigenvalue weighted by atomic mass is 10.1. The van der Waals surface area contributed by atoms with E-state index in [2.05, 4.69) is 25.5 Å². The van der Waals surface area contributed by atoms with E-state index in [1.807, 2.05) is 36.7 Å². The summed E-state index contributed by atoms with van der Waals surface area (Å²) >= 11 is 0. The van der Waals surface area contributed by atoms with Gasteiger partial charge >= 0.3 is 0 Å². The van der Waals surface area contributed by atoms with Crippen LogP contribution in [0.4, 0.5) is 0 Å². The molecule has 3 aromatic rings. The van der Waals surface area contributed by atoms with Crippen LogP contribution in [0.2, 0.25) is 0 Å². The van der Waals surface area contributed by atoms with Gasteiger partial charge in [0.1, 0.15) is 0 Å². The highest BCUT2D eigenvalue weighted by Gasteiger charge is 2.08. The quantitative estimate of drug-likeness (QED) is 0.729. The molecule has 0 atom stereocenters. The average Bonchev–Trinajstić information content (AvgIpc) is 3.04. The minimum atomic E-state index is 0.648. The second-order valence-electron chi connectivity index (χ2n) is 4.79. The molecule has 0 amide bonds. The first-order valence-electron chi connectivity index (χ1n) is 6.99. The van der Waals surface area contributed by atoms with Gasteiger partial charge in [-0.25, -0.2) is 4.98 Å². The Bertz CT molecular complexity index is 726. The number of nitrogens with one attached hydrogen (secondary N) is 2. The van der Waals surface area contributed by atoms with Crippen molar-refractivity contribution < 1.29 is 4.74 Å². The Morgan fingerprint density at radius 3 is 2.77 bits per heavy atom. The van der Waals surface area contributed by atoms with Crippen LogP contribution in [-0.2, 0) is 13.1 Å². The Morgan fingerprint density at radius 1 is 1.09 bits per heavy atom. The van der Waals surface area contributed by atoms with E-state index in [4.69, 9.17) is 4.74 Å². The largest absolute Gasteiger partial charge is 0.481 e. The third kappa shape index (κ3) is 3.12. The number of rotatable bonds is 6. The molecule has 0 aliphatic heterocycles. The van der Waals surface area contributed by atoms with Crippen LogP contribution in [0.1, 0.15) is 11.1 Å². The van der Waals surface area contributed by atoms with Crippen LogP contribution in [0.3, 0.4) is 0 Å². The maximum absolute atomic E-state index is 5.25. The van der Waals surface area contributed by atoms with Crippen LogP contribution >= 0.6 is 0 Å². The summed E-state index contributed by atoms with van der Waals surface area (Å²) < 4.78 is 5.25. The van der Waals surface area contributed by atoms with Gasteiger partial charge in [0.25, 0.3) is 0 Å². The summed E-state index contributed by atoms with van der Waals surface area (Å²) in [5.74, 6) is 0.648. The molecule has 0 spiro atoms. The molecule has 0 radical (unpaired) electrons. The van der Waals surface area contributed by atoms with Crippen molar-refractivity contribution in [3.8, 4) is 17.1 Å². The van der Waals surface area contributed by atoms with Crippen molar-refractivity contribution in [1.29, 1.82) is 0 Å². The van der Waals surface area contributed by atoms with E-state index < -0.39 is 0 Å². The number of hydrogen-bond acceptors (Lipinski definition) is 5. The highest BCUT2D eigenvalue weighted by molar-refractivity contribution is 5.61. The Kier molecular flexibility index (Phi) is 4.41. The molecule has 0 fully saturated rings. The number of nitrogens with zero attached hydrogens (tertiary/aromatic N) is 3. The molecule has 6 heteroatoms. The van der Waals surface area contributed by atoms with E-state index in [1.54, 1.807) is 19.5 Å². The molecule has 0 unspecified atom stereocenters. The molecule has 0 saturated carbocycles. The summed E-state index contributed by atoms with van der Waals surface area (Å²) in [6, 6.07) is 7.82. The maximum Gasteiger partial charge on any atom is 0.217 e. The lowest BCUT2D eigenvalue weighted by Gasteiger charge is -2.08. The van der Waals surface area contributed by atoms with Crippen LogP contribution in [0.15, 0.2) is 49.1 Å². The first kappa shape index (κ1) is 14.2. The normalized spacial score (nSPS) is 10.6. The van der Waals surface area contributed by atoms with Crippen molar-refractivity contribution in [1.82, 2.24) is 25.5 Å². The van der Waals surface area contributed by atoms with Gasteiger partial charge in [0.05, 0.1) is 19.0 Å².